The fourth-order valence-corrected chi connectivity index (χ4v) is 0.511. The third-order valence-electron chi connectivity index (χ3n) is 1.06. The van der Waals surface area contributed by atoms with Crippen LogP contribution in [0.25, 0.3) is 0 Å². The summed E-state index contributed by atoms with van der Waals surface area (Å²) in [5.74, 6) is 0. The summed E-state index contributed by atoms with van der Waals surface area (Å²) >= 11 is 0. The van der Waals surface area contributed by atoms with Gasteiger partial charge in [-0.05, 0) is 12.8 Å². The maximum Gasteiger partial charge on any atom is 0.425 e. The summed E-state index contributed by atoms with van der Waals surface area (Å²) < 4.78 is 34.3. The van der Waals surface area contributed by atoms with Gasteiger partial charge in [-0.2, -0.15) is 13.2 Å². The number of unbranched alkanes of at least 4 members (excludes halogenated alkanes) is 2. The van der Waals surface area contributed by atoms with E-state index in [-0.39, 0.29) is 0 Å². The average molecular weight is 183 g/mol. The van der Waals surface area contributed by atoms with E-state index in [1.807, 2.05) is 6.92 Å². The SMILES string of the molecule is CCCCC=NOCC(F)(F)F. The standard InChI is InChI=1S/C7H12F3NO/c1-2-3-4-5-11-12-6-7(8,9)10/h5H,2-4,6H2,1H3. The van der Waals surface area contributed by atoms with Gasteiger partial charge in [0.25, 0.3) is 0 Å². The molecule has 0 amide bonds. The molecule has 0 N–H and O–H groups in total. The van der Waals surface area contributed by atoms with Crippen LogP contribution in [0.15, 0.2) is 5.16 Å². The van der Waals surface area contributed by atoms with Gasteiger partial charge in [0, 0.05) is 6.21 Å². The quantitative estimate of drug-likeness (QED) is 0.365. The number of hydrogen-bond donors (Lipinski definition) is 0. The second-order valence-electron chi connectivity index (χ2n) is 2.32. The molecule has 0 aromatic carbocycles. The first-order valence-corrected chi connectivity index (χ1v) is 3.77. The molecule has 72 valence electrons. The van der Waals surface area contributed by atoms with Crippen molar-refractivity contribution in [2.75, 3.05) is 6.61 Å². The average Bonchev–Trinajstić information content (AvgIpc) is 1.94. The maximum atomic E-state index is 11.4. The highest BCUT2D eigenvalue weighted by atomic mass is 19.4. The van der Waals surface area contributed by atoms with Crippen molar-refractivity contribution in [1.29, 1.82) is 0 Å². The normalized spacial score (nSPS) is 12.3. The molecule has 0 atom stereocenters. The van der Waals surface area contributed by atoms with Crippen molar-refractivity contribution in [2.24, 2.45) is 5.16 Å². The molecule has 0 fully saturated rings. The van der Waals surface area contributed by atoms with Crippen LogP contribution < -0.4 is 0 Å². The molecule has 0 aromatic rings. The molecule has 5 heteroatoms. The molecule has 0 rings (SSSR count). The smallest absolute Gasteiger partial charge is 0.386 e. The zero-order chi connectivity index (χ0) is 9.45. The van der Waals surface area contributed by atoms with Crippen LogP contribution in [-0.2, 0) is 4.84 Å². The highest BCUT2D eigenvalue weighted by Crippen LogP contribution is 2.14. The third kappa shape index (κ3) is 9.26. The molecule has 0 aliphatic heterocycles. The van der Waals surface area contributed by atoms with E-state index in [1.54, 1.807) is 0 Å². The Balaban J connectivity index is 3.25. The molecule has 0 unspecified atom stereocenters. The Labute approximate surface area is 69.4 Å². The van der Waals surface area contributed by atoms with E-state index in [0.29, 0.717) is 6.42 Å². The summed E-state index contributed by atoms with van der Waals surface area (Å²) in [5.41, 5.74) is 0. The summed E-state index contributed by atoms with van der Waals surface area (Å²) in [5, 5.41) is 3.15. The number of nitrogens with zero attached hydrogens (tertiary/aromatic N) is 1. The molecular formula is C7H12F3NO. The summed E-state index contributed by atoms with van der Waals surface area (Å²) in [7, 11) is 0. The molecule has 0 saturated carbocycles. The second kappa shape index (κ2) is 5.85. The van der Waals surface area contributed by atoms with Crippen molar-refractivity contribution < 1.29 is 18.0 Å². The van der Waals surface area contributed by atoms with Crippen LogP contribution in [0.1, 0.15) is 26.2 Å². The Kier molecular flexibility index (Phi) is 5.49. The molecule has 0 spiro atoms. The summed E-state index contributed by atoms with van der Waals surface area (Å²) in [4.78, 5) is 3.99. The molecule has 0 aliphatic carbocycles. The molecule has 0 heterocycles. The second-order valence-corrected chi connectivity index (χ2v) is 2.32. The lowest BCUT2D eigenvalue weighted by Gasteiger charge is -2.02. The first-order valence-electron chi connectivity index (χ1n) is 3.77. The van der Waals surface area contributed by atoms with Crippen molar-refractivity contribution in [3.63, 3.8) is 0 Å². The molecule has 0 aromatic heterocycles. The first kappa shape index (κ1) is 11.3. The van der Waals surface area contributed by atoms with Crippen molar-refractivity contribution in [2.45, 2.75) is 32.4 Å². The van der Waals surface area contributed by atoms with Gasteiger partial charge in [-0.25, -0.2) is 0 Å². The minimum Gasteiger partial charge on any atom is -0.386 e. The van der Waals surface area contributed by atoms with Gasteiger partial charge in [0.15, 0.2) is 0 Å². The van der Waals surface area contributed by atoms with Crippen LogP contribution in [0, 0.1) is 0 Å². The monoisotopic (exact) mass is 183 g/mol. The van der Waals surface area contributed by atoms with Crippen molar-refractivity contribution >= 4 is 6.21 Å². The van der Waals surface area contributed by atoms with E-state index in [1.165, 1.54) is 6.21 Å². The predicted octanol–water partition coefficient (Wildman–Crippen LogP) is 2.74. The van der Waals surface area contributed by atoms with Crippen molar-refractivity contribution in [1.82, 2.24) is 0 Å². The summed E-state index contributed by atoms with van der Waals surface area (Å²) in [6.07, 6.45) is -0.365. The van der Waals surface area contributed by atoms with E-state index < -0.39 is 12.8 Å². The molecular weight excluding hydrogens is 171 g/mol. The van der Waals surface area contributed by atoms with Gasteiger partial charge in [0.2, 0.25) is 6.61 Å². The topological polar surface area (TPSA) is 21.6 Å². The number of halogens is 3. The van der Waals surface area contributed by atoms with Gasteiger partial charge < -0.3 is 4.84 Å². The number of rotatable bonds is 5. The lowest BCUT2D eigenvalue weighted by atomic mass is 10.3. The van der Waals surface area contributed by atoms with Gasteiger partial charge in [-0.1, -0.05) is 18.5 Å². The minimum absolute atomic E-state index is 0.661. The molecule has 0 saturated heterocycles. The highest BCUT2D eigenvalue weighted by Gasteiger charge is 2.28. The van der Waals surface area contributed by atoms with Crippen LogP contribution in [0.3, 0.4) is 0 Å². The maximum absolute atomic E-state index is 11.4. The number of alkyl halides is 3. The lowest BCUT2D eigenvalue weighted by Crippen LogP contribution is -2.14. The Hall–Kier alpha value is -0.740. The zero-order valence-corrected chi connectivity index (χ0v) is 6.90. The van der Waals surface area contributed by atoms with Crippen molar-refractivity contribution in [3.8, 4) is 0 Å². The molecule has 12 heavy (non-hydrogen) atoms. The Bertz CT molecular complexity index is 133. The summed E-state index contributed by atoms with van der Waals surface area (Å²) in [6.45, 7) is 0.681. The lowest BCUT2D eigenvalue weighted by molar-refractivity contribution is -0.173. The van der Waals surface area contributed by atoms with Crippen LogP contribution in [0.2, 0.25) is 0 Å². The van der Waals surface area contributed by atoms with Gasteiger partial charge in [-0.15, -0.1) is 0 Å². The Morgan fingerprint density at radius 2 is 2.08 bits per heavy atom. The third-order valence-corrected chi connectivity index (χ3v) is 1.06. The Morgan fingerprint density at radius 1 is 1.42 bits per heavy atom. The highest BCUT2D eigenvalue weighted by molar-refractivity contribution is 5.55. The first-order chi connectivity index (χ1) is 5.56. The Morgan fingerprint density at radius 3 is 2.58 bits per heavy atom. The fraction of sp³-hybridized carbons (Fsp3) is 0.857. The fourth-order valence-electron chi connectivity index (χ4n) is 0.511. The molecule has 0 aliphatic rings. The van der Waals surface area contributed by atoms with E-state index in [0.717, 1.165) is 12.8 Å². The predicted molar refractivity (Wildman–Crippen MR) is 40.0 cm³/mol. The van der Waals surface area contributed by atoms with E-state index >= 15 is 0 Å². The molecule has 2 nitrogen and oxygen atoms in total. The zero-order valence-electron chi connectivity index (χ0n) is 6.90. The summed E-state index contributed by atoms with van der Waals surface area (Å²) in [6, 6.07) is 0. The largest absolute Gasteiger partial charge is 0.425 e. The van der Waals surface area contributed by atoms with Crippen molar-refractivity contribution in [3.05, 3.63) is 0 Å². The number of hydrogen-bond acceptors (Lipinski definition) is 2. The van der Waals surface area contributed by atoms with E-state index in [2.05, 4.69) is 9.99 Å². The minimum atomic E-state index is -4.29. The van der Waals surface area contributed by atoms with Gasteiger partial charge >= 0.3 is 6.18 Å². The van der Waals surface area contributed by atoms with Gasteiger partial charge in [0.05, 0.1) is 0 Å². The van der Waals surface area contributed by atoms with Crippen LogP contribution in [0.5, 0.6) is 0 Å². The van der Waals surface area contributed by atoms with E-state index in [9.17, 15) is 13.2 Å². The van der Waals surface area contributed by atoms with Gasteiger partial charge in [0.1, 0.15) is 0 Å². The van der Waals surface area contributed by atoms with Crippen LogP contribution in [0.4, 0.5) is 13.2 Å². The molecule has 0 bridgehead atoms. The van der Waals surface area contributed by atoms with E-state index in [4.69, 9.17) is 0 Å². The number of oxime groups is 1. The van der Waals surface area contributed by atoms with Crippen LogP contribution >= 0.6 is 0 Å². The molecule has 0 radical (unpaired) electrons. The van der Waals surface area contributed by atoms with Crippen LogP contribution in [-0.4, -0.2) is 19.0 Å². The van der Waals surface area contributed by atoms with Gasteiger partial charge in [-0.3, -0.25) is 0 Å².